The Bertz CT molecular complexity index is 3000. The van der Waals surface area contributed by atoms with Crippen molar-refractivity contribution in [2.45, 2.75) is 77.3 Å². The van der Waals surface area contributed by atoms with Crippen LogP contribution in [0.1, 0.15) is 83.2 Å². The summed E-state index contributed by atoms with van der Waals surface area (Å²) in [6.45, 7) is 5.70. The Labute approximate surface area is 418 Å². The first kappa shape index (κ1) is 47.0. The molecule has 4 N–H and O–H groups in total. The average molecular weight is 1030 g/mol. The standard InChI is InChI=1S/C29H30FN5O2S.C23H26BrN5OS/c1-18-14-20(6-9-22(18)29(36)33-21-7-8-21)25-17-32-28-24(31-16-19-10-12-38-13-11-19)15-27(34-35(25)28)37-26-5-3-2-4-23(26)30;1-14-10-16(2-5-18(14)23(30)27-17-3-4-17)20-13-26-22-19(11-21(24)28-29(20)22)25-12-15-6-8-31-9-7-15/h2-6,9,14-15,17,19,21,31H,7-8,10-13,16H2,1H3,(H,33,36);2,5,10-11,13,15,17,25H,3-4,6-9,12H2,1H3,(H,27,30). The highest BCUT2D eigenvalue weighted by Crippen LogP contribution is 2.33. The number of amides is 2. The van der Waals surface area contributed by atoms with Crippen molar-refractivity contribution in [2.75, 3.05) is 46.7 Å². The molecule has 0 radical (unpaired) electrons. The van der Waals surface area contributed by atoms with E-state index < -0.39 is 5.82 Å². The number of hydrogen-bond donors (Lipinski definition) is 4. The fourth-order valence-corrected chi connectivity index (χ4v) is 11.6. The number of carbonyl (C=O) groups is 2. The number of rotatable bonds is 14. The third-order valence-corrected chi connectivity index (χ3v) is 15.6. The molecule has 13 nitrogen and oxygen atoms in total. The van der Waals surface area contributed by atoms with Gasteiger partial charge in [0, 0.05) is 53.5 Å². The van der Waals surface area contributed by atoms with Gasteiger partial charge in [-0.05, 0) is 170 Å². The molecular weight excluding hydrogens is 976 g/mol. The molecule has 0 unspecified atom stereocenters. The fraction of sp³-hybridized carbons (Fsp3) is 0.385. The predicted molar refractivity (Wildman–Crippen MR) is 279 cm³/mol. The molecule has 2 aliphatic carbocycles. The molecule has 6 heterocycles. The number of ether oxygens (including phenoxy) is 1. The molecule has 2 amide bonds. The number of thioether (sulfide) groups is 2. The molecular formula is C52H56BrFN10O3S2. The molecule has 3 aromatic carbocycles. The summed E-state index contributed by atoms with van der Waals surface area (Å²) in [5.74, 6) is 6.06. The van der Waals surface area contributed by atoms with Crippen LogP contribution in [0, 0.1) is 31.5 Å². The van der Waals surface area contributed by atoms with Crippen molar-refractivity contribution in [3.8, 4) is 34.1 Å². The summed E-state index contributed by atoms with van der Waals surface area (Å²) in [5.41, 5.74) is 10.0. The van der Waals surface area contributed by atoms with Crippen LogP contribution in [0.25, 0.3) is 33.8 Å². The Morgan fingerprint density at radius 2 is 1.16 bits per heavy atom. The van der Waals surface area contributed by atoms with E-state index in [2.05, 4.69) is 57.4 Å². The van der Waals surface area contributed by atoms with Gasteiger partial charge in [0.15, 0.2) is 22.9 Å². The zero-order valence-electron chi connectivity index (χ0n) is 38.8. The lowest BCUT2D eigenvalue weighted by atomic mass is 10.0. The molecule has 2 saturated carbocycles. The van der Waals surface area contributed by atoms with E-state index in [1.165, 1.54) is 54.8 Å². The number of nitrogens with one attached hydrogen (secondary N) is 4. The Balaban J connectivity index is 0.000000164. The smallest absolute Gasteiger partial charge is 0.251 e. The number of halogens is 2. The van der Waals surface area contributed by atoms with Crippen molar-refractivity contribution in [2.24, 2.45) is 11.8 Å². The van der Waals surface area contributed by atoms with Gasteiger partial charge >= 0.3 is 0 Å². The van der Waals surface area contributed by atoms with Crippen molar-refractivity contribution < 1.29 is 18.7 Å². The third-order valence-electron chi connectivity index (χ3n) is 13.1. The zero-order chi connectivity index (χ0) is 47.4. The van der Waals surface area contributed by atoms with E-state index in [4.69, 9.17) is 4.74 Å². The lowest BCUT2D eigenvalue weighted by molar-refractivity contribution is 0.0942. The summed E-state index contributed by atoms with van der Waals surface area (Å²) in [5, 5.41) is 22.6. The van der Waals surface area contributed by atoms with Crippen LogP contribution in [0.2, 0.25) is 0 Å². The summed E-state index contributed by atoms with van der Waals surface area (Å²) >= 11 is 7.61. The number of carbonyl (C=O) groups excluding carboxylic acids is 2. The molecule has 2 aliphatic heterocycles. The lowest BCUT2D eigenvalue weighted by Gasteiger charge is -2.22. The molecule has 0 bridgehead atoms. The van der Waals surface area contributed by atoms with E-state index in [1.54, 1.807) is 35.0 Å². The molecule has 4 aliphatic rings. The minimum atomic E-state index is -0.454. The maximum absolute atomic E-state index is 14.4. The van der Waals surface area contributed by atoms with Gasteiger partial charge in [0.1, 0.15) is 4.60 Å². The van der Waals surface area contributed by atoms with Crippen molar-refractivity contribution in [3.63, 3.8) is 0 Å². The van der Waals surface area contributed by atoms with Gasteiger partial charge in [-0.3, -0.25) is 9.59 Å². The molecule has 4 fully saturated rings. The second-order valence-electron chi connectivity index (χ2n) is 18.5. The van der Waals surface area contributed by atoms with Gasteiger partial charge in [-0.2, -0.15) is 28.6 Å². The molecule has 69 heavy (non-hydrogen) atoms. The first-order valence-corrected chi connectivity index (χ1v) is 27.1. The average Bonchev–Trinajstić information content (AvgIpc) is 4.28. The summed E-state index contributed by atoms with van der Waals surface area (Å²) in [7, 11) is 0. The third kappa shape index (κ3) is 11.4. The molecule has 17 heteroatoms. The second-order valence-corrected chi connectivity index (χ2v) is 21.8. The van der Waals surface area contributed by atoms with Gasteiger partial charge < -0.3 is 26.0 Å². The Kier molecular flexibility index (Phi) is 14.4. The van der Waals surface area contributed by atoms with Gasteiger partial charge in [-0.15, -0.1) is 5.10 Å². The van der Waals surface area contributed by atoms with Crippen molar-refractivity contribution in [1.29, 1.82) is 0 Å². The summed E-state index contributed by atoms with van der Waals surface area (Å²) in [6, 6.07) is 22.4. The summed E-state index contributed by atoms with van der Waals surface area (Å²) < 4.78 is 24.6. The number of fused-ring (bicyclic) bond motifs is 2. The number of aryl methyl sites for hydroxylation is 2. The molecule has 2 saturated heterocycles. The van der Waals surface area contributed by atoms with Crippen LogP contribution in [-0.2, 0) is 0 Å². The monoisotopic (exact) mass is 1030 g/mol. The van der Waals surface area contributed by atoms with Crippen LogP contribution < -0.4 is 26.0 Å². The van der Waals surface area contributed by atoms with Crippen LogP contribution in [0.3, 0.4) is 0 Å². The van der Waals surface area contributed by atoms with Crippen LogP contribution in [0.5, 0.6) is 11.6 Å². The van der Waals surface area contributed by atoms with Gasteiger partial charge in [-0.1, -0.05) is 24.3 Å². The van der Waals surface area contributed by atoms with Crippen molar-refractivity contribution in [1.82, 2.24) is 39.8 Å². The summed E-state index contributed by atoms with van der Waals surface area (Å²) in [4.78, 5) is 34.4. The van der Waals surface area contributed by atoms with Crippen molar-refractivity contribution in [3.05, 3.63) is 118 Å². The molecule has 4 aromatic heterocycles. The second kappa shape index (κ2) is 21.1. The van der Waals surface area contributed by atoms with Crippen molar-refractivity contribution >= 4 is 73.9 Å². The van der Waals surface area contributed by atoms with Crippen LogP contribution >= 0.6 is 39.5 Å². The Morgan fingerprint density at radius 1 is 0.667 bits per heavy atom. The first-order valence-electron chi connectivity index (χ1n) is 24.0. The molecule has 7 aromatic rings. The van der Waals surface area contributed by atoms with Gasteiger partial charge in [-0.25, -0.2) is 23.4 Å². The number of para-hydroxylation sites is 1. The molecule has 0 spiro atoms. The quantitative estimate of drug-likeness (QED) is 0.0824. The normalized spacial score (nSPS) is 16.5. The Hall–Kier alpha value is -5.65. The maximum atomic E-state index is 14.4. The highest BCUT2D eigenvalue weighted by atomic mass is 79.9. The van der Waals surface area contributed by atoms with E-state index >= 15 is 0 Å². The van der Waals surface area contributed by atoms with E-state index in [1.807, 2.05) is 90.5 Å². The predicted octanol–water partition coefficient (Wildman–Crippen LogP) is 11.0. The van der Waals surface area contributed by atoms with Gasteiger partial charge in [0.05, 0.1) is 35.2 Å². The summed E-state index contributed by atoms with van der Waals surface area (Å²) in [6.07, 6.45) is 12.8. The minimum Gasteiger partial charge on any atom is -0.434 e. The maximum Gasteiger partial charge on any atom is 0.251 e. The first-order chi connectivity index (χ1) is 33.6. The molecule has 358 valence electrons. The molecule has 0 atom stereocenters. The zero-order valence-corrected chi connectivity index (χ0v) is 42.0. The van der Waals surface area contributed by atoms with Crippen LogP contribution in [0.4, 0.5) is 15.8 Å². The van der Waals surface area contributed by atoms with E-state index in [-0.39, 0.29) is 23.4 Å². The number of benzene rings is 3. The number of anilines is 2. The number of aromatic nitrogens is 6. The van der Waals surface area contributed by atoms with Crippen LogP contribution in [0.15, 0.2) is 89.8 Å². The van der Waals surface area contributed by atoms with E-state index in [0.29, 0.717) is 35.1 Å². The number of hydrogen-bond acceptors (Lipinski definition) is 11. The topological polar surface area (TPSA) is 152 Å². The van der Waals surface area contributed by atoms with E-state index in [9.17, 15) is 14.0 Å². The Morgan fingerprint density at radius 3 is 1.65 bits per heavy atom. The molecule has 11 rings (SSSR count). The van der Waals surface area contributed by atoms with Crippen LogP contribution in [-0.4, -0.2) is 89.2 Å². The minimum absolute atomic E-state index is 0.0122. The lowest BCUT2D eigenvalue weighted by Crippen LogP contribution is -2.26. The highest BCUT2D eigenvalue weighted by molar-refractivity contribution is 9.10. The van der Waals surface area contributed by atoms with E-state index in [0.717, 1.165) is 99.6 Å². The largest absolute Gasteiger partial charge is 0.434 e. The highest BCUT2D eigenvalue weighted by Gasteiger charge is 2.26. The van der Waals surface area contributed by atoms with Gasteiger partial charge in [0.2, 0.25) is 5.88 Å². The SMILES string of the molecule is Cc1cc(-c2cnc3c(NCC4CCSCC4)cc(Br)nn23)ccc1C(=O)NC1CC1.Cc1cc(-c2cnc3c(NCC4CCSCC4)cc(Oc4ccccc4F)nn23)ccc1C(=O)NC1CC1. The number of imidazole rings is 2. The number of nitrogens with zero attached hydrogens (tertiary/aromatic N) is 6. The van der Waals surface area contributed by atoms with Gasteiger partial charge in [0.25, 0.3) is 11.8 Å². The fourth-order valence-electron chi connectivity index (χ4n) is 8.78.